The van der Waals surface area contributed by atoms with E-state index in [4.69, 9.17) is 10.5 Å². The Kier molecular flexibility index (Phi) is 12.6. The van der Waals surface area contributed by atoms with Gasteiger partial charge in [-0.25, -0.2) is 0 Å². The van der Waals surface area contributed by atoms with Crippen LogP contribution in [0.4, 0.5) is 0 Å². The molecule has 2 rings (SSSR count). The van der Waals surface area contributed by atoms with Crippen molar-refractivity contribution in [3.8, 4) is 0 Å². The number of nitrogens with one attached hydrogen (secondary N) is 1. The standard InChI is InChI=1S/C29H46N2O3/c1-5-8-13-31-29(33)21(4)15-28(32)27(30)19-22(7-3)16-23-17-24-11-9-10-12-26(24)25(18-23)20-34-14-6-2/h9-12,17-18,21-22,27-28,32H,5-8,13-16,19-20,30H2,1-4H3,(H,31,33)/t21?,22-,27-,28-/m0/s1. The van der Waals surface area contributed by atoms with Crippen molar-refractivity contribution in [1.29, 1.82) is 0 Å². The van der Waals surface area contributed by atoms with Crippen LogP contribution < -0.4 is 11.1 Å². The number of hydrogen-bond donors (Lipinski definition) is 3. The van der Waals surface area contributed by atoms with Gasteiger partial charge < -0.3 is 20.9 Å². The number of rotatable bonds is 16. The summed E-state index contributed by atoms with van der Waals surface area (Å²) in [5, 5.41) is 16.1. The fraction of sp³-hybridized carbons (Fsp3) is 0.621. The molecule has 2 aromatic carbocycles. The van der Waals surface area contributed by atoms with Gasteiger partial charge in [-0.15, -0.1) is 0 Å². The molecule has 0 radical (unpaired) electrons. The molecule has 1 amide bonds. The zero-order valence-electron chi connectivity index (χ0n) is 21.7. The van der Waals surface area contributed by atoms with Gasteiger partial charge in [-0.2, -0.15) is 0 Å². The SMILES string of the molecule is CCCCNC(=O)C(C)C[C@H](O)[C@@H](N)C[C@@H](CC)Cc1cc(COCCC)c2ccccc2c1. The van der Waals surface area contributed by atoms with Gasteiger partial charge in [-0.05, 0) is 59.9 Å². The number of amides is 1. The number of carbonyl (C=O) groups excluding carboxylic acids is 1. The molecule has 5 heteroatoms. The summed E-state index contributed by atoms with van der Waals surface area (Å²) in [6.45, 7) is 10.3. The van der Waals surface area contributed by atoms with Crippen molar-refractivity contribution >= 4 is 16.7 Å². The van der Waals surface area contributed by atoms with Crippen molar-refractivity contribution in [2.45, 2.75) is 91.4 Å². The highest BCUT2D eigenvalue weighted by molar-refractivity contribution is 5.86. The summed E-state index contributed by atoms with van der Waals surface area (Å²) in [6, 6.07) is 12.7. The van der Waals surface area contributed by atoms with E-state index in [0.717, 1.165) is 45.1 Å². The number of benzene rings is 2. The molecule has 0 aliphatic heterocycles. The Labute approximate surface area is 206 Å². The van der Waals surface area contributed by atoms with Crippen LogP contribution in [0, 0.1) is 11.8 Å². The van der Waals surface area contributed by atoms with Crippen molar-refractivity contribution in [3.63, 3.8) is 0 Å². The lowest BCUT2D eigenvalue weighted by Crippen LogP contribution is -2.40. The summed E-state index contributed by atoms with van der Waals surface area (Å²) in [4.78, 5) is 12.3. The molecule has 0 aromatic heterocycles. The third kappa shape index (κ3) is 9.01. The molecule has 0 saturated heterocycles. The molecule has 0 aliphatic carbocycles. The van der Waals surface area contributed by atoms with Crippen LogP contribution in [0.3, 0.4) is 0 Å². The summed E-state index contributed by atoms with van der Waals surface area (Å²) >= 11 is 0. The van der Waals surface area contributed by atoms with Gasteiger partial charge >= 0.3 is 0 Å². The van der Waals surface area contributed by atoms with Gasteiger partial charge in [0, 0.05) is 25.1 Å². The first-order valence-corrected chi connectivity index (χ1v) is 13.2. The molecule has 0 aliphatic rings. The highest BCUT2D eigenvalue weighted by atomic mass is 16.5. The molecule has 190 valence electrons. The van der Waals surface area contributed by atoms with Gasteiger partial charge in [-0.3, -0.25) is 4.79 Å². The lowest BCUT2D eigenvalue weighted by atomic mass is 9.86. The van der Waals surface area contributed by atoms with Crippen molar-refractivity contribution < 1.29 is 14.6 Å². The molecule has 0 saturated carbocycles. The topological polar surface area (TPSA) is 84.6 Å². The number of carbonyl (C=O) groups is 1. The second-order valence-corrected chi connectivity index (χ2v) is 9.76. The first-order valence-electron chi connectivity index (χ1n) is 13.2. The molecule has 5 nitrogen and oxygen atoms in total. The normalized spacial score (nSPS) is 15.1. The number of fused-ring (bicyclic) bond motifs is 1. The minimum atomic E-state index is -0.685. The molecule has 4 atom stereocenters. The minimum absolute atomic E-state index is 0.000673. The van der Waals surface area contributed by atoms with E-state index in [-0.39, 0.29) is 17.9 Å². The molecule has 0 heterocycles. The maximum absolute atomic E-state index is 12.3. The van der Waals surface area contributed by atoms with Crippen LogP contribution in [-0.2, 0) is 22.6 Å². The summed E-state index contributed by atoms with van der Waals surface area (Å²) in [6.07, 6.45) is 5.37. The Bertz CT molecular complexity index is 870. The lowest BCUT2D eigenvalue weighted by Gasteiger charge is -2.26. The van der Waals surface area contributed by atoms with Crippen LogP contribution in [0.2, 0.25) is 0 Å². The van der Waals surface area contributed by atoms with E-state index in [1.54, 1.807) is 0 Å². The van der Waals surface area contributed by atoms with Crippen molar-refractivity contribution in [2.75, 3.05) is 13.2 Å². The molecule has 2 aromatic rings. The predicted octanol–water partition coefficient (Wildman–Crippen LogP) is 5.36. The van der Waals surface area contributed by atoms with Gasteiger partial charge in [0.15, 0.2) is 0 Å². The monoisotopic (exact) mass is 470 g/mol. The van der Waals surface area contributed by atoms with Crippen LogP contribution in [0.1, 0.15) is 77.3 Å². The van der Waals surface area contributed by atoms with Crippen LogP contribution in [-0.4, -0.2) is 36.3 Å². The van der Waals surface area contributed by atoms with Gasteiger partial charge in [-0.1, -0.05) is 76.9 Å². The number of unbranched alkanes of at least 4 members (excludes halogenated alkanes) is 1. The summed E-state index contributed by atoms with van der Waals surface area (Å²) in [7, 11) is 0. The Morgan fingerprint density at radius 1 is 1.12 bits per heavy atom. The first-order chi connectivity index (χ1) is 16.4. The fourth-order valence-electron chi connectivity index (χ4n) is 4.50. The van der Waals surface area contributed by atoms with E-state index < -0.39 is 6.10 Å². The largest absolute Gasteiger partial charge is 0.391 e. The Hall–Kier alpha value is -1.95. The Morgan fingerprint density at radius 2 is 1.88 bits per heavy atom. The summed E-state index contributed by atoms with van der Waals surface area (Å²) < 4.78 is 5.86. The fourth-order valence-corrected chi connectivity index (χ4v) is 4.50. The molecular weight excluding hydrogens is 424 g/mol. The van der Waals surface area contributed by atoms with Crippen LogP contribution in [0.5, 0.6) is 0 Å². The smallest absolute Gasteiger partial charge is 0.222 e. The zero-order valence-corrected chi connectivity index (χ0v) is 21.7. The summed E-state index contributed by atoms with van der Waals surface area (Å²) in [5.74, 6) is 0.119. The molecule has 34 heavy (non-hydrogen) atoms. The Balaban J connectivity index is 2.00. The van der Waals surface area contributed by atoms with E-state index in [2.05, 4.69) is 62.5 Å². The second kappa shape index (κ2) is 15.1. The molecule has 0 spiro atoms. The van der Waals surface area contributed by atoms with Crippen molar-refractivity contribution in [2.24, 2.45) is 17.6 Å². The zero-order chi connectivity index (χ0) is 24.9. The first kappa shape index (κ1) is 28.3. The molecule has 0 bridgehead atoms. The second-order valence-electron chi connectivity index (χ2n) is 9.76. The third-order valence-corrected chi connectivity index (χ3v) is 6.69. The van der Waals surface area contributed by atoms with Crippen molar-refractivity contribution in [3.05, 3.63) is 47.5 Å². The van der Waals surface area contributed by atoms with E-state index >= 15 is 0 Å². The number of aliphatic hydroxyl groups is 1. The van der Waals surface area contributed by atoms with Gasteiger partial charge in [0.2, 0.25) is 5.91 Å². The summed E-state index contributed by atoms with van der Waals surface area (Å²) in [5.41, 5.74) is 8.93. The van der Waals surface area contributed by atoms with E-state index in [0.29, 0.717) is 25.5 Å². The maximum Gasteiger partial charge on any atom is 0.222 e. The van der Waals surface area contributed by atoms with Crippen LogP contribution >= 0.6 is 0 Å². The average molecular weight is 471 g/mol. The quantitative estimate of drug-likeness (QED) is 0.289. The average Bonchev–Trinajstić information content (AvgIpc) is 2.83. The number of aliphatic hydroxyl groups excluding tert-OH is 1. The molecule has 1 unspecified atom stereocenters. The van der Waals surface area contributed by atoms with Crippen molar-refractivity contribution in [1.82, 2.24) is 5.32 Å². The third-order valence-electron chi connectivity index (χ3n) is 6.69. The van der Waals surface area contributed by atoms with E-state index in [1.165, 1.54) is 21.9 Å². The minimum Gasteiger partial charge on any atom is -0.391 e. The lowest BCUT2D eigenvalue weighted by molar-refractivity contribution is -0.125. The van der Waals surface area contributed by atoms with Crippen LogP contribution in [0.25, 0.3) is 10.8 Å². The Morgan fingerprint density at radius 3 is 2.59 bits per heavy atom. The number of hydrogen-bond acceptors (Lipinski definition) is 4. The highest BCUT2D eigenvalue weighted by Gasteiger charge is 2.24. The van der Waals surface area contributed by atoms with Gasteiger partial charge in [0.25, 0.3) is 0 Å². The number of ether oxygens (including phenoxy) is 1. The molecule has 0 fully saturated rings. The van der Waals surface area contributed by atoms with Crippen LogP contribution in [0.15, 0.2) is 36.4 Å². The van der Waals surface area contributed by atoms with E-state index in [9.17, 15) is 9.90 Å². The predicted molar refractivity (Wildman–Crippen MR) is 142 cm³/mol. The molecule has 4 N–H and O–H groups in total. The van der Waals surface area contributed by atoms with Gasteiger partial charge in [0.05, 0.1) is 12.7 Å². The number of nitrogens with two attached hydrogens (primary N) is 1. The highest BCUT2D eigenvalue weighted by Crippen LogP contribution is 2.26. The van der Waals surface area contributed by atoms with E-state index in [1.807, 2.05) is 6.92 Å². The van der Waals surface area contributed by atoms with Gasteiger partial charge in [0.1, 0.15) is 0 Å². The molecular formula is C29H46N2O3. The maximum atomic E-state index is 12.3.